The first-order valence-electron chi connectivity index (χ1n) is 12.3. The number of rotatable bonds is 10. The molecule has 3 heterocycles. The van der Waals surface area contributed by atoms with Crippen LogP contribution in [0.5, 0.6) is 0 Å². The lowest BCUT2D eigenvalue weighted by Gasteiger charge is -2.21. The number of hydrogen-bond donors (Lipinski definition) is 1. The molecule has 0 fully saturated rings. The van der Waals surface area contributed by atoms with Gasteiger partial charge in [0.05, 0.1) is 28.0 Å². The van der Waals surface area contributed by atoms with Gasteiger partial charge < -0.3 is 4.72 Å². The lowest BCUT2D eigenvalue weighted by Crippen LogP contribution is -2.32. The minimum absolute atomic E-state index is 0.573. The maximum absolute atomic E-state index is 12.9. The van der Waals surface area contributed by atoms with Gasteiger partial charge in [-0.2, -0.15) is 13.2 Å². The van der Waals surface area contributed by atoms with E-state index in [4.69, 9.17) is 4.98 Å². The van der Waals surface area contributed by atoms with E-state index in [1.165, 1.54) is 24.1 Å². The monoisotopic (exact) mass is 547 g/mol. The molecule has 0 aliphatic rings. The highest BCUT2D eigenvalue weighted by molar-refractivity contribution is 7.97. The number of allylic oxidation sites excluding steroid dienone is 2. The molecule has 0 unspecified atom stereocenters. The zero-order valence-corrected chi connectivity index (χ0v) is 22.2. The van der Waals surface area contributed by atoms with Crippen LogP contribution in [0, 0.1) is 0 Å². The summed E-state index contributed by atoms with van der Waals surface area (Å²) in [5.74, 6) is 0. The number of pyridine rings is 3. The summed E-state index contributed by atoms with van der Waals surface area (Å²) in [5, 5.41) is 1.64. The summed E-state index contributed by atoms with van der Waals surface area (Å²) < 4.78 is 41.7. The van der Waals surface area contributed by atoms with Gasteiger partial charge in [0.2, 0.25) is 0 Å². The number of nitrogens with zero attached hydrogens (tertiary/aromatic N) is 4. The van der Waals surface area contributed by atoms with Crippen molar-refractivity contribution in [3.05, 3.63) is 131 Å². The van der Waals surface area contributed by atoms with Gasteiger partial charge in [0.1, 0.15) is 0 Å². The minimum Gasteiger partial charge on any atom is -0.330 e. The second-order valence-corrected chi connectivity index (χ2v) is 9.55. The van der Waals surface area contributed by atoms with Crippen LogP contribution in [-0.2, 0) is 25.8 Å². The summed E-state index contributed by atoms with van der Waals surface area (Å²) >= 11 is 1.22. The van der Waals surface area contributed by atoms with E-state index < -0.39 is 11.7 Å². The summed E-state index contributed by atoms with van der Waals surface area (Å²) in [6, 6.07) is 20.8. The van der Waals surface area contributed by atoms with Crippen molar-refractivity contribution in [1.82, 2.24) is 24.6 Å². The molecular formula is C30H28F3N5S. The second-order valence-electron chi connectivity index (χ2n) is 8.64. The van der Waals surface area contributed by atoms with E-state index >= 15 is 0 Å². The van der Waals surface area contributed by atoms with Crippen LogP contribution in [-0.4, -0.2) is 19.9 Å². The van der Waals surface area contributed by atoms with E-state index in [0.29, 0.717) is 24.5 Å². The Labute approximate surface area is 230 Å². The summed E-state index contributed by atoms with van der Waals surface area (Å²) in [5.41, 5.74) is 2.10. The van der Waals surface area contributed by atoms with Crippen LogP contribution < -0.4 is 15.3 Å². The molecule has 0 saturated heterocycles. The number of nitrogens with one attached hydrogen (secondary N) is 1. The number of alkyl halides is 3. The van der Waals surface area contributed by atoms with Gasteiger partial charge in [0.15, 0.2) is 0 Å². The predicted molar refractivity (Wildman–Crippen MR) is 149 cm³/mol. The summed E-state index contributed by atoms with van der Waals surface area (Å²) in [7, 11) is 0. The van der Waals surface area contributed by atoms with Crippen molar-refractivity contribution < 1.29 is 13.2 Å². The Kier molecular flexibility index (Phi) is 9.88. The first-order valence-corrected chi connectivity index (χ1v) is 13.1. The van der Waals surface area contributed by atoms with E-state index in [9.17, 15) is 13.2 Å². The fourth-order valence-electron chi connectivity index (χ4n) is 3.78. The Hall–Kier alpha value is -3.95. The summed E-state index contributed by atoms with van der Waals surface area (Å²) in [6.45, 7) is 3.77. The second kappa shape index (κ2) is 13.7. The van der Waals surface area contributed by atoms with Gasteiger partial charge >= 0.3 is 6.18 Å². The molecule has 4 rings (SSSR count). The van der Waals surface area contributed by atoms with Crippen LogP contribution in [0.3, 0.4) is 0 Å². The van der Waals surface area contributed by atoms with E-state index in [0.717, 1.165) is 39.8 Å². The van der Waals surface area contributed by atoms with Crippen LogP contribution in [0.2, 0.25) is 0 Å². The van der Waals surface area contributed by atoms with E-state index in [1.807, 2.05) is 73.7 Å². The Morgan fingerprint density at radius 2 is 1.46 bits per heavy atom. The number of hydrogen-bond acceptors (Lipinski definition) is 6. The summed E-state index contributed by atoms with van der Waals surface area (Å²) in [6.07, 6.45) is 6.81. The molecule has 200 valence electrons. The lowest BCUT2D eigenvalue weighted by atomic mass is 10.2. The normalized spacial score (nSPS) is 12.9. The van der Waals surface area contributed by atoms with Gasteiger partial charge in [0, 0.05) is 48.3 Å². The van der Waals surface area contributed by atoms with Crippen molar-refractivity contribution in [1.29, 1.82) is 0 Å². The van der Waals surface area contributed by atoms with Gasteiger partial charge in [-0.15, -0.1) is 0 Å². The Balaban J connectivity index is 1.56. The molecule has 0 bridgehead atoms. The molecule has 0 radical (unpaired) electrons. The maximum atomic E-state index is 12.9. The third-order valence-electron chi connectivity index (χ3n) is 5.65. The van der Waals surface area contributed by atoms with Crippen LogP contribution in [0.25, 0.3) is 12.3 Å². The molecule has 0 aliphatic heterocycles. The van der Waals surface area contributed by atoms with Crippen molar-refractivity contribution in [2.24, 2.45) is 0 Å². The highest BCUT2D eigenvalue weighted by Crippen LogP contribution is 2.30. The molecule has 0 atom stereocenters. The SMILES string of the molecule is C\C=C/C=c1/ccc(CN(Cc2ccccn2)Cc2ccccn2)n/c1=C\NSc1ccc(C(F)(F)F)cc1. The molecule has 39 heavy (non-hydrogen) atoms. The molecule has 0 amide bonds. The summed E-state index contributed by atoms with van der Waals surface area (Å²) in [4.78, 5) is 16.7. The third kappa shape index (κ3) is 8.80. The van der Waals surface area contributed by atoms with E-state index in [1.54, 1.807) is 18.6 Å². The molecule has 5 nitrogen and oxygen atoms in total. The minimum atomic E-state index is -4.36. The largest absolute Gasteiger partial charge is 0.416 e. The van der Waals surface area contributed by atoms with Crippen LogP contribution in [0.1, 0.15) is 29.6 Å². The first kappa shape index (κ1) is 28.1. The van der Waals surface area contributed by atoms with Gasteiger partial charge in [-0.25, -0.2) is 4.98 Å². The fraction of sp³-hybridized carbons (Fsp3) is 0.167. The Morgan fingerprint density at radius 3 is 2.03 bits per heavy atom. The third-order valence-corrected chi connectivity index (χ3v) is 6.39. The van der Waals surface area contributed by atoms with Crippen molar-refractivity contribution in [2.45, 2.75) is 37.6 Å². The maximum Gasteiger partial charge on any atom is 0.416 e. The number of halogens is 3. The highest BCUT2D eigenvalue weighted by Gasteiger charge is 2.29. The zero-order chi connectivity index (χ0) is 27.5. The van der Waals surface area contributed by atoms with Crippen molar-refractivity contribution >= 4 is 24.2 Å². The molecule has 1 aromatic carbocycles. The van der Waals surface area contributed by atoms with Gasteiger partial charge in [-0.05, 0) is 73.5 Å². The Bertz CT molecular complexity index is 1430. The number of aromatic nitrogens is 3. The topological polar surface area (TPSA) is 53.9 Å². The molecular weight excluding hydrogens is 519 g/mol. The fourth-order valence-corrected chi connectivity index (χ4v) is 4.35. The zero-order valence-electron chi connectivity index (χ0n) is 21.3. The van der Waals surface area contributed by atoms with Crippen molar-refractivity contribution in [2.75, 3.05) is 0 Å². The van der Waals surface area contributed by atoms with Crippen molar-refractivity contribution in [3.8, 4) is 0 Å². The average Bonchev–Trinajstić information content (AvgIpc) is 2.93. The highest BCUT2D eigenvalue weighted by atomic mass is 32.2. The Morgan fingerprint density at radius 1 is 0.821 bits per heavy atom. The molecule has 0 aliphatic carbocycles. The van der Waals surface area contributed by atoms with Crippen LogP contribution in [0.15, 0.2) is 102 Å². The molecule has 4 aromatic rings. The molecule has 0 saturated carbocycles. The predicted octanol–water partition coefficient (Wildman–Crippen LogP) is 5.48. The standard InChI is InChI=1S/C30H28F3N5S/c1-2-3-8-23-11-14-27(37-29(23)19-36-39-28-15-12-24(13-16-28)30(31,32)33)22-38(20-25-9-4-6-17-34-25)21-26-10-5-7-18-35-26/h2-19,36H,20-22H2,1H3/b3-2-,23-8-,29-19-. The lowest BCUT2D eigenvalue weighted by molar-refractivity contribution is -0.137. The van der Waals surface area contributed by atoms with Crippen LogP contribution in [0.4, 0.5) is 13.2 Å². The van der Waals surface area contributed by atoms with E-state index in [-0.39, 0.29) is 0 Å². The number of benzene rings is 1. The van der Waals surface area contributed by atoms with Crippen molar-refractivity contribution in [3.63, 3.8) is 0 Å². The van der Waals surface area contributed by atoms with Gasteiger partial charge in [0.25, 0.3) is 0 Å². The average molecular weight is 548 g/mol. The molecule has 0 spiro atoms. The van der Waals surface area contributed by atoms with E-state index in [2.05, 4.69) is 19.6 Å². The van der Waals surface area contributed by atoms with Gasteiger partial charge in [-0.3, -0.25) is 14.9 Å². The quantitative estimate of drug-likeness (QED) is 0.265. The van der Waals surface area contributed by atoms with Crippen LogP contribution >= 0.6 is 11.9 Å². The van der Waals surface area contributed by atoms with Gasteiger partial charge in [-0.1, -0.05) is 36.4 Å². The smallest absolute Gasteiger partial charge is 0.330 e. The molecule has 1 N–H and O–H groups in total. The molecule has 3 aromatic heterocycles. The molecule has 9 heteroatoms. The first-order chi connectivity index (χ1) is 18.9.